The van der Waals surface area contributed by atoms with Gasteiger partial charge in [-0.1, -0.05) is 146 Å². The lowest BCUT2D eigenvalue weighted by Crippen LogP contribution is -2.12. The molecule has 0 aromatic heterocycles. The zero-order valence-corrected chi connectivity index (χ0v) is 50.6. The molecule has 2 aliphatic heterocycles. The fourth-order valence-electron chi connectivity index (χ4n) is 7.05. The number of carbonyl (C=O) groups is 6. The summed E-state index contributed by atoms with van der Waals surface area (Å²) in [5, 5.41) is 0.0183. The van der Waals surface area contributed by atoms with Crippen LogP contribution < -0.4 is 0 Å². The third-order valence-electron chi connectivity index (χ3n) is 10.9. The van der Waals surface area contributed by atoms with Crippen molar-refractivity contribution in [2.75, 3.05) is 26.4 Å². The molecular formula is C66H54O10S6. The third-order valence-corrected chi connectivity index (χ3v) is 17.3. The van der Waals surface area contributed by atoms with E-state index in [4.69, 9.17) is 18.9 Å². The van der Waals surface area contributed by atoms with Gasteiger partial charge in [-0.05, 0) is 158 Å². The summed E-state index contributed by atoms with van der Waals surface area (Å²) in [5.74, 6) is 23.6. The number of benzene rings is 5. The lowest BCUT2D eigenvalue weighted by molar-refractivity contribution is -0.141. The zero-order valence-electron chi connectivity index (χ0n) is 45.7. The van der Waals surface area contributed by atoms with Crippen LogP contribution in [0.4, 0.5) is 0 Å². The predicted molar refractivity (Wildman–Crippen MR) is 335 cm³/mol. The number of ether oxygens (including phenoxy) is 4. The molecule has 0 radical (unpaired) electrons. The average Bonchev–Trinajstić information content (AvgIpc) is 4.30. The van der Waals surface area contributed by atoms with Crippen molar-refractivity contribution < 1.29 is 47.7 Å². The predicted octanol–water partition coefficient (Wildman–Crippen LogP) is 14.4. The highest BCUT2D eigenvalue weighted by molar-refractivity contribution is 8.30. The molecule has 10 nitrogen and oxygen atoms in total. The van der Waals surface area contributed by atoms with Crippen molar-refractivity contribution in [1.82, 2.24) is 0 Å². The molecule has 0 aliphatic carbocycles. The maximum absolute atomic E-state index is 13.5. The number of hydrogen-bond acceptors (Lipinski definition) is 16. The summed E-state index contributed by atoms with van der Waals surface area (Å²) >= 11 is 6.79. The van der Waals surface area contributed by atoms with Crippen LogP contribution in [0.15, 0.2) is 147 Å². The van der Waals surface area contributed by atoms with Gasteiger partial charge in [0.15, 0.2) is 10.2 Å². The molecule has 0 atom stereocenters. The van der Waals surface area contributed by atoms with Crippen LogP contribution in [0.1, 0.15) is 123 Å². The fourth-order valence-corrected chi connectivity index (χ4v) is 12.9. The van der Waals surface area contributed by atoms with Crippen molar-refractivity contribution in [2.24, 2.45) is 0 Å². The van der Waals surface area contributed by atoms with Crippen molar-refractivity contribution in [1.29, 1.82) is 0 Å². The lowest BCUT2D eigenvalue weighted by Gasteiger charge is -2.09. The topological polar surface area (TPSA) is 139 Å². The highest BCUT2D eigenvalue weighted by Gasteiger charge is 2.35. The van der Waals surface area contributed by atoms with Gasteiger partial charge in [0.2, 0.25) is 0 Å². The van der Waals surface area contributed by atoms with Crippen LogP contribution in [0, 0.1) is 47.4 Å². The van der Waals surface area contributed by atoms with Gasteiger partial charge in [0, 0.05) is 68.1 Å². The van der Waals surface area contributed by atoms with E-state index in [0.29, 0.717) is 67.5 Å². The first kappa shape index (κ1) is 62.2. The van der Waals surface area contributed by atoms with E-state index in [9.17, 15) is 28.8 Å². The van der Waals surface area contributed by atoms with E-state index in [-0.39, 0.29) is 56.3 Å². The second-order valence-corrected chi connectivity index (χ2v) is 24.8. The van der Waals surface area contributed by atoms with Crippen LogP contribution in [0.25, 0.3) is 12.2 Å². The molecule has 0 N–H and O–H groups in total. The number of esters is 4. The Morgan fingerprint density at radius 3 is 0.841 bits per heavy atom. The summed E-state index contributed by atoms with van der Waals surface area (Å²) < 4.78 is 23.3. The summed E-state index contributed by atoms with van der Waals surface area (Å²) in [5.41, 5.74) is 6.87. The standard InChI is InChI=1S/C66H54O10S6/c1-7-35-73-63(69)59-60(64(70)74-36-8-2)80-57(79-59)41-53-39-52(30-24-48-19-13-46(14-20-48)16-22-50-27-33-56(34-28-50)78-44(6)68)54(42-58-81-61(65(71)75-37-9-3)62(82-58)66(72)76-38-10-4)40-51(53)29-23-47-17-11-45(12-18-47)15-21-49-25-31-55(32-26-49)77-43(5)67/h11-14,17-20,25-28,31-34,39-42H,7-10,35-38H2,1-6H3. The van der Waals surface area contributed by atoms with Crippen LogP contribution in [0.2, 0.25) is 0 Å². The second-order valence-electron chi connectivity index (χ2n) is 17.6. The van der Waals surface area contributed by atoms with Gasteiger partial charge in [0.25, 0.3) is 0 Å². The molecule has 414 valence electrons. The first-order valence-corrected chi connectivity index (χ1v) is 31.0. The molecule has 2 aliphatic rings. The Morgan fingerprint density at radius 1 is 0.378 bits per heavy atom. The largest absolute Gasteiger partial charge is 0.462 e. The number of hydrogen-bond donors (Lipinski definition) is 0. The number of carbonyl (C=O) groups excluding carboxylic acids is 6. The molecule has 7 rings (SSSR count). The Balaban J connectivity index is 1.32. The second kappa shape index (κ2) is 31.7. The molecule has 2 heterocycles. The molecule has 0 unspecified atom stereocenters. The number of rotatable bonds is 16. The molecule has 0 saturated carbocycles. The summed E-state index contributed by atoms with van der Waals surface area (Å²) in [7, 11) is 0. The average molecular weight is 1200 g/mol. The maximum atomic E-state index is 13.5. The van der Waals surface area contributed by atoms with Gasteiger partial charge in [-0.2, -0.15) is 0 Å². The lowest BCUT2D eigenvalue weighted by atomic mass is 9.97. The van der Waals surface area contributed by atoms with Crippen LogP contribution >= 0.6 is 70.6 Å². The minimum Gasteiger partial charge on any atom is -0.462 e. The van der Waals surface area contributed by atoms with Crippen molar-refractivity contribution >= 4 is 117 Å². The Morgan fingerprint density at radius 2 is 0.610 bits per heavy atom. The highest BCUT2D eigenvalue weighted by atomic mass is 32.2. The van der Waals surface area contributed by atoms with Gasteiger partial charge < -0.3 is 18.9 Å². The van der Waals surface area contributed by atoms with E-state index in [1.165, 1.54) is 37.4 Å². The Kier molecular flexibility index (Phi) is 24.1. The van der Waals surface area contributed by atoms with E-state index in [2.05, 4.69) is 47.4 Å². The first-order valence-electron chi connectivity index (χ1n) is 26.1. The molecular weight excluding hydrogens is 1150 g/mol. The minimum atomic E-state index is -0.624. The molecule has 5 aromatic rings. The first-order chi connectivity index (χ1) is 39.7. The van der Waals surface area contributed by atoms with Gasteiger partial charge in [-0.25, -0.2) is 19.2 Å². The zero-order chi connectivity index (χ0) is 58.4. The van der Waals surface area contributed by atoms with Gasteiger partial charge in [0.05, 0.1) is 34.9 Å². The minimum absolute atomic E-state index is 0.00916. The normalized spacial score (nSPS) is 12.3. The molecule has 0 saturated heterocycles. The fraction of sp³-hybridized carbons (Fsp3) is 0.212. The number of thioether (sulfide) groups is 6. The molecule has 0 amide bonds. The van der Waals surface area contributed by atoms with Crippen molar-refractivity contribution in [3.05, 3.63) is 193 Å². The monoisotopic (exact) mass is 1200 g/mol. The SMILES string of the molecule is CCCOC(=O)C1=C(C(=O)OCCC)SC(=Cc2cc(C#Cc3ccc(C#Cc4ccc(SC(C)=O)cc4)cc3)c(C=C3SC(C(=O)OCCC)=C(C(=O)OCCC)S3)cc2C#Cc2ccc(C#Cc3ccc(SC(C)=O)cc3)cc2)S1. The van der Waals surface area contributed by atoms with Gasteiger partial charge in [-0.15, -0.1) is 0 Å². The molecule has 82 heavy (non-hydrogen) atoms. The van der Waals surface area contributed by atoms with E-state index in [1.54, 1.807) is 0 Å². The maximum Gasteiger partial charge on any atom is 0.346 e. The Bertz CT molecular complexity index is 3350. The van der Waals surface area contributed by atoms with Crippen LogP contribution in [-0.4, -0.2) is 60.5 Å². The van der Waals surface area contributed by atoms with E-state index < -0.39 is 23.9 Å². The third kappa shape index (κ3) is 18.8. The Labute approximate surface area is 504 Å². The van der Waals surface area contributed by atoms with Gasteiger partial charge >= 0.3 is 23.9 Å². The van der Waals surface area contributed by atoms with E-state index >= 15 is 0 Å². The van der Waals surface area contributed by atoms with Crippen molar-refractivity contribution in [2.45, 2.75) is 77.0 Å². The van der Waals surface area contributed by atoms with Gasteiger partial charge in [0.1, 0.15) is 19.6 Å². The van der Waals surface area contributed by atoms with Gasteiger partial charge in [-0.3, -0.25) is 9.59 Å². The smallest absolute Gasteiger partial charge is 0.346 e. The molecule has 16 heteroatoms. The summed E-state index contributed by atoms with van der Waals surface area (Å²) in [6.45, 7) is 11.3. The highest BCUT2D eigenvalue weighted by Crippen LogP contribution is 2.52. The Hall–Kier alpha value is -7.38. The van der Waals surface area contributed by atoms with Crippen LogP contribution in [0.5, 0.6) is 0 Å². The van der Waals surface area contributed by atoms with Crippen molar-refractivity contribution in [3.8, 4) is 47.4 Å². The summed E-state index contributed by atoms with van der Waals surface area (Å²) in [6.07, 6.45) is 6.08. The van der Waals surface area contributed by atoms with Crippen LogP contribution in [-0.2, 0) is 47.7 Å². The molecule has 5 aromatic carbocycles. The van der Waals surface area contributed by atoms with Crippen LogP contribution in [0.3, 0.4) is 0 Å². The molecule has 0 bridgehead atoms. The summed E-state index contributed by atoms with van der Waals surface area (Å²) in [6, 6.07) is 33.8. The summed E-state index contributed by atoms with van der Waals surface area (Å²) in [4.78, 5) is 79.2. The van der Waals surface area contributed by atoms with E-state index in [1.807, 2.05) is 149 Å². The molecule has 0 fully saturated rings. The quantitative estimate of drug-likeness (QED) is 0.0400. The molecule has 0 spiro atoms. The van der Waals surface area contributed by atoms with Crippen molar-refractivity contribution in [3.63, 3.8) is 0 Å². The van der Waals surface area contributed by atoms with E-state index in [0.717, 1.165) is 79.1 Å².